The van der Waals surface area contributed by atoms with E-state index in [-0.39, 0.29) is 11.9 Å². The number of nitrogens with zero attached hydrogens (tertiary/aromatic N) is 3. The summed E-state index contributed by atoms with van der Waals surface area (Å²) in [5, 5.41) is 8.76. The van der Waals surface area contributed by atoms with Crippen LogP contribution in [0.4, 0.5) is 10.3 Å². The van der Waals surface area contributed by atoms with Crippen molar-refractivity contribution in [2.75, 3.05) is 5.32 Å². The van der Waals surface area contributed by atoms with Crippen molar-refractivity contribution in [1.29, 1.82) is 0 Å². The first kappa shape index (κ1) is 19.0. The van der Waals surface area contributed by atoms with Crippen LogP contribution in [0.1, 0.15) is 17.2 Å². The number of halogens is 3. The molecule has 0 aliphatic carbocycles. The van der Waals surface area contributed by atoms with Gasteiger partial charge in [0.05, 0.1) is 0 Å². The molecule has 1 atom stereocenters. The van der Waals surface area contributed by atoms with Gasteiger partial charge in [-0.25, -0.2) is 9.07 Å². The third-order valence-electron chi connectivity index (χ3n) is 4.93. The van der Waals surface area contributed by atoms with Gasteiger partial charge in [-0.05, 0) is 65.7 Å². The van der Waals surface area contributed by atoms with Crippen molar-refractivity contribution >= 4 is 39.2 Å². The number of anilines is 1. The Morgan fingerprint density at radius 1 is 0.900 bits per heavy atom. The number of benzene rings is 3. The molecular formula is C23H15BrClFN4. The van der Waals surface area contributed by atoms with Crippen LogP contribution in [-0.4, -0.2) is 14.8 Å². The number of allylic oxidation sites excluding steroid dienone is 1. The summed E-state index contributed by atoms with van der Waals surface area (Å²) in [4.78, 5) is 4.71. The number of aromatic nitrogens is 3. The van der Waals surface area contributed by atoms with Crippen LogP contribution >= 0.6 is 27.5 Å². The molecule has 0 saturated carbocycles. The fourth-order valence-electron chi connectivity index (χ4n) is 3.41. The molecule has 1 aliphatic rings. The van der Waals surface area contributed by atoms with Crippen LogP contribution in [0.3, 0.4) is 0 Å². The minimum absolute atomic E-state index is 0.228. The minimum atomic E-state index is -0.273. The van der Waals surface area contributed by atoms with Crippen LogP contribution in [0.2, 0.25) is 5.02 Å². The molecule has 4 nitrogen and oxygen atoms in total. The summed E-state index contributed by atoms with van der Waals surface area (Å²) in [7, 11) is 0. The van der Waals surface area contributed by atoms with Crippen LogP contribution in [0.25, 0.3) is 17.1 Å². The third kappa shape index (κ3) is 3.64. The lowest BCUT2D eigenvalue weighted by molar-refractivity contribution is 0.604. The first-order valence-corrected chi connectivity index (χ1v) is 10.5. The van der Waals surface area contributed by atoms with Crippen LogP contribution in [0.15, 0.2) is 83.3 Å². The Labute approximate surface area is 186 Å². The molecule has 0 amide bonds. The summed E-state index contributed by atoms with van der Waals surface area (Å²) in [6.07, 6.45) is 2.07. The molecule has 7 heteroatoms. The molecule has 1 N–H and O–H groups in total. The Balaban J connectivity index is 1.61. The van der Waals surface area contributed by atoms with Gasteiger partial charge in [0.25, 0.3) is 0 Å². The van der Waals surface area contributed by atoms with Crippen molar-refractivity contribution in [1.82, 2.24) is 14.8 Å². The maximum atomic E-state index is 13.5. The topological polar surface area (TPSA) is 42.7 Å². The summed E-state index contributed by atoms with van der Waals surface area (Å²) in [6, 6.07) is 21.7. The quantitative estimate of drug-likeness (QED) is 0.360. The number of nitrogens with one attached hydrogen (secondary N) is 1. The maximum absolute atomic E-state index is 13.5. The fraction of sp³-hybridized carbons (Fsp3) is 0.0435. The molecule has 2 heterocycles. The molecule has 1 aromatic heterocycles. The molecule has 1 aliphatic heterocycles. The average molecular weight is 482 g/mol. The summed E-state index contributed by atoms with van der Waals surface area (Å²) >= 11 is 9.49. The minimum Gasteiger partial charge on any atom is -0.324 e. The van der Waals surface area contributed by atoms with Crippen molar-refractivity contribution in [2.24, 2.45) is 0 Å². The molecule has 148 valence electrons. The Hall–Kier alpha value is -2.96. The van der Waals surface area contributed by atoms with E-state index in [0.717, 1.165) is 26.9 Å². The normalized spacial score (nSPS) is 15.3. The van der Waals surface area contributed by atoms with Crippen LogP contribution < -0.4 is 5.32 Å². The maximum Gasteiger partial charge on any atom is 0.227 e. The van der Waals surface area contributed by atoms with Gasteiger partial charge < -0.3 is 5.32 Å². The van der Waals surface area contributed by atoms with Gasteiger partial charge in [0, 0.05) is 20.8 Å². The molecule has 0 fully saturated rings. The van der Waals surface area contributed by atoms with Gasteiger partial charge in [0.2, 0.25) is 5.95 Å². The highest BCUT2D eigenvalue weighted by Gasteiger charge is 2.25. The van der Waals surface area contributed by atoms with Crippen molar-refractivity contribution < 1.29 is 4.39 Å². The Morgan fingerprint density at radius 2 is 1.57 bits per heavy atom. The van der Waals surface area contributed by atoms with Gasteiger partial charge in [-0.1, -0.05) is 51.8 Å². The summed E-state index contributed by atoms with van der Waals surface area (Å²) in [5.41, 5.74) is 3.72. The second-order valence-electron chi connectivity index (χ2n) is 6.92. The number of rotatable bonds is 3. The molecule has 0 bridgehead atoms. The zero-order valence-corrected chi connectivity index (χ0v) is 17.9. The van der Waals surface area contributed by atoms with E-state index in [1.165, 1.54) is 12.1 Å². The van der Waals surface area contributed by atoms with E-state index in [4.69, 9.17) is 21.7 Å². The molecule has 5 rings (SSSR count). The smallest absolute Gasteiger partial charge is 0.227 e. The lowest BCUT2D eigenvalue weighted by atomic mass is 10.0. The molecule has 0 radical (unpaired) electrons. The van der Waals surface area contributed by atoms with Gasteiger partial charge in [-0.15, -0.1) is 5.10 Å². The molecule has 0 saturated heterocycles. The van der Waals surface area contributed by atoms with E-state index >= 15 is 0 Å². The zero-order chi connectivity index (χ0) is 20.7. The van der Waals surface area contributed by atoms with Crippen LogP contribution in [-0.2, 0) is 0 Å². The van der Waals surface area contributed by atoms with Gasteiger partial charge in [-0.3, -0.25) is 0 Å². The van der Waals surface area contributed by atoms with Crippen molar-refractivity contribution in [3.63, 3.8) is 0 Å². The highest BCUT2D eigenvalue weighted by molar-refractivity contribution is 9.10. The molecule has 0 spiro atoms. The largest absolute Gasteiger partial charge is 0.324 e. The zero-order valence-electron chi connectivity index (χ0n) is 15.6. The second kappa shape index (κ2) is 7.70. The Bertz CT molecular complexity index is 1230. The van der Waals surface area contributed by atoms with Crippen LogP contribution in [0.5, 0.6) is 0 Å². The summed E-state index contributed by atoms with van der Waals surface area (Å²) in [6.45, 7) is 0. The monoisotopic (exact) mass is 480 g/mol. The van der Waals surface area contributed by atoms with Crippen LogP contribution in [0, 0.1) is 5.82 Å². The fourth-order valence-corrected chi connectivity index (χ4v) is 3.80. The number of fused-ring (bicyclic) bond motifs is 1. The SMILES string of the molecule is Fc1ccc(C2C=C(c3ccc(Br)cc3)Nc3nc(-c4ccc(Cl)cc4)nn32)cc1. The molecule has 4 aromatic rings. The van der Waals surface area contributed by atoms with E-state index in [1.807, 2.05) is 53.2 Å². The first-order chi connectivity index (χ1) is 14.6. The van der Waals surface area contributed by atoms with Crippen molar-refractivity contribution in [2.45, 2.75) is 6.04 Å². The first-order valence-electron chi connectivity index (χ1n) is 9.29. The average Bonchev–Trinajstić information content (AvgIpc) is 3.19. The second-order valence-corrected chi connectivity index (χ2v) is 8.27. The van der Waals surface area contributed by atoms with Gasteiger partial charge in [-0.2, -0.15) is 4.98 Å². The highest BCUT2D eigenvalue weighted by atomic mass is 79.9. The summed E-state index contributed by atoms with van der Waals surface area (Å²) in [5.74, 6) is 0.937. The number of hydrogen-bond acceptors (Lipinski definition) is 3. The Kier molecular flexibility index (Phi) is 4.89. The predicted octanol–water partition coefficient (Wildman–Crippen LogP) is 6.56. The molecule has 3 aromatic carbocycles. The highest BCUT2D eigenvalue weighted by Crippen LogP contribution is 2.34. The number of hydrogen-bond donors (Lipinski definition) is 1. The predicted molar refractivity (Wildman–Crippen MR) is 121 cm³/mol. The molecular weight excluding hydrogens is 467 g/mol. The van der Waals surface area contributed by atoms with E-state index in [2.05, 4.69) is 27.3 Å². The standard InChI is InChI=1S/C23H15BrClFN4/c24-17-7-1-14(2-8-17)20-13-21(15-5-11-19(26)12-6-15)30-23(27-20)28-22(29-30)16-3-9-18(25)10-4-16/h1-13,21H,(H,27,28,29). The van der Waals surface area contributed by atoms with Crippen molar-refractivity contribution in [3.05, 3.63) is 105 Å². The third-order valence-corrected chi connectivity index (χ3v) is 5.72. The van der Waals surface area contributed by atoms with Gasteiger partial charge in [0.1, 0.15) is 11.9 Å². The van der Waals surface area contributed by atoms with Gasteiger partial charge in [0.15, 0.2) is 5.82 Å². The summed E-state index contributed by atoms with van der Waals surface area (Å²) < 4.78 is 16.3. The molecule has 1 unspecified atom stereocenters. The lowest BCUT2D eigenvalue weighted by Crippen LogP contribution is -2.20. The van der Waals surface area contributed by atoms with E-state index in [9.17, 15) is 4.39 Å². The van der Waals surface area contributed by atoms with E-state index < -0.39 is 0 Å². The Morgan fingerprint density at radius 3 is 2.27 bits per heavy atom. The van der Waals surface area contributed by atoms with Gasteiger partial charge >= 0.3 is 0 Å². The van der Waals surface area contributed by atoms with Crippen molar-refractivity contribution in [3.8, 4) is 11.4 Å². The van der Waals surface area contributed by atoms with E-state index in [1.54, 1.807) is 12.1 Å². The molecule has 30 heavy (non-hydrogen) atoms. The lowest BCUT2D eigenvalue weighted by Gasteiger charge is -2.24. The van der Waals surface area contributed by atoms with E-state index in [0.29, 0.717) is 16.8 Å².